The SMILES string of the molecule is O=C(c1ccc2n[nH]nc2c1)N1CCOC[C@H](CO)C1. The van der Waals surface area contributed by atoms with Crippen molar-refractivity contribution in [1.29, 1.82) is 0 Å². The Balaban J connectivity index is 1.82. The molecule has 7 heteroatoms. The van der Waals surface area contributed by atoms with Gasteiger partial charge in [0.1, 0.15) is 11.0 Å². The first-order valence-corrected chi connectivity index (χ1v) is 6.56. The minimum absolute atomic E-state index is 0.0199. The van der Waals surface area contributed by atoms with Gasteiger partial charge in [0.15, 0.2) is 0 Å². The molecule has 0 radical (unpaired) electrons. The molecule has 2 N–H and O–H groups in total. The number of carbonyl (C=O) groups is 1. The molecule has 106 valence electrons. The van der Waals surface area contributed by atoms with E-state index >= 15 is 0 Å². The van der Waals surface area contributed by atoms with Crippen LogP contribution in [0.25, 0.3) is 11.0 Å². The van der Waals surface area contributed by atoms with Crippen LogP contribution < -0.4 is 0 Å². The molecule has 1 aromatic carbocycles. The van der Waals surface area contributed by atoms with Gasteiger partial charge in [0.2, 0.25) is 0 Å². The Labute approximate surface area is 115 Å². The molecular weight excluding hydrogens is 260 g/mol. The Bertz CT molecular complexity index is 612. The second kappa shape index (κ2) is 5.56. The number of benzene rings is 1. The van der Waals surface area contributed by atoms with Crippen LogP contribution in [0.3, 0.4) is 0 Å². The first-order chi connectivity index (χ1) is 9.78. The standard InChI is InChI=1S/C13H16N4O3/c18-7-9-6-17(3-4-20-8-9)13(19)10-1-2-11-12(5-10)15-16-14-11/h1-2,5,9,18H,3-4,6-8H2,(H,14,15,16)/t9-/m0/s1. The zero-order valence-electron chi connectivity index (χ0n) is 11.0. The third kappa shape index (κ3) is 2.50. The molecule has 20 heavy (non-hydrogen) atoms. The number of rotatable bonds is 2. The van der Waals surface area contributed by atoms with Gasteiger partial charge in [-0.2, -0.15) is 15.4 Å². The van der Waals surface area contributed by atoms with Crippen LogP contribution in [0, 0.1) is 5.92 Å². The monoisotopic (exact) mass is 276 g/mol. The Hall–Kier alpha value is -1.99. The summed E-state index contributed by atoms with van der Waals surface area (Å²) in [5.74, 6) is -0.101. The van der Waals surface area contributed by atoms with Crippen LogP contribution in [0.1, 0.15) is 10.4 Å². The first kappa shape index (κ1) is 13.0. The van der Waals surface area contributed by atoms with Crippen molar-refractivity contribution in [2.45, 2.75) is 0 Å². The zero-order chi connectivity index (χ0) is 13.9. The quantitative estimate of drug-likeness (QED) is 0.808. The number of aromatic amines is 1. The molecule has 0 spiro atoms. The second-order valence-electron chi connectivity index (χ2n) is 4.90. The fourth-order valence-electron chi connectivity index (χ4n) is 2.33. The number of fused-ring (bicyclic) bond motifs is 1. The number of aromatic nitrogens is 3. The van der Waals surface area contributed by atoms with E-state index < -0.39 is 0 Å². The molecule has 1 atom stereocenters. The van der Waals surface area contributed by atoms with Gasteiger partial charge in [-0.1, -0.05) is 0 Å². The number of hydrogen-bond donors (Lipinski definition) is 2. The van der Waals surface area contributed by atoms with Crippen LogP contribution >= 0.6 is 0 Å². The number of carbonyl (C=O) groups excluding carboxylic acids is 1. The largest absolute Gasteiger partial charge is 0.396 e. The van der Waals surface area contributed by atoms with Crippen LogP contribution in [0.15, 0.2) is 18.2 Å². The zero-order valence-corrected chi connectivity index (χ0v) is 11.0. The van der Waals surface area contributed by atoms with Crippen LogP contribution in [0.5, 0.6) is 0 Å². The summed E-state index contributed by atoms with van der Waals surface area (Å²) in [6.07, 6.45) is 0. The van der Waals surface area contributed by atoms with E-state index in [1.54, 1.807) is 23.1 Å². The molecule has 1 fully saturated rings. The molecule has 0 saturated carbocycles. The number of ether oxygens (including phenoxy) is 1. The Kier molecular flexibility index (Phi) is 3.62. The smallest absolute Gasteiger partial charge is 0.254 e. The maximum absolute atomic E-state index is 12.5. The molecule has 7 nitrogen and oxygen atoms in total. The lowest BCUT2D eigenvalue weighted by Gasteiger charge is -2.22. The Morgan fingerprint density at radius 1 is 1.45 bits per heavy atom. The number of nitrogens with zero attached hydrogens (tertiary/aromatic N) is 3. The van der Waals surface area contributed by atoms with Crippen LogP contribution in [-0.4, -0.2) is 64.2 Å². The predicted octanol–water partition coefficient (Wildman–Crippen LogP) is 0.0388. The minimum Gasteiger partial charge on any atom is -0.396 e. The molecule has 2 aromatic rings. The normalized spacial score (nSPS) is 20.1. The van der Waals surface area contributed by atoms with Crippen LogP contribution in [0.4, 0.5) is 0 Å². The summed E-state index contributed by atoms with van der Waals surface area (Å²) in [5, 5.41) is 19.7. The molecule has 1 aliphatic heterocycles. The molecular formula is C13H16N4O3. The summed E-state index contributed by atoms with van der Waals surface area (Å²) in [6.45, 7) is 2.04. The predicted molar refractivity (Wildman–Crippen MR) is 71.2 cm³/mol. The van der Waals surface area contributed by atoms with Gasteiger partial charge < -0.3 is 14.7 Å². The second-order valence-corrected chi connectivity index (χ2v) is 4.90. The molecule has 0 unspecified atom stereocenters. The number of H-pyrrole nitrogens is 1. The van der Waals surface area contributed by atoms with E-state index in [2.05, 4.69) is 15.4 Å². The van der Waals surface area contributed by atoms with Gasteiger partial charge in [-0.25, -0.2) is 0 Å². The van der Waals surface area contributed by atoms with Crippen molar-refractivity contribution < 1.29 is 14.6 Å². The lowest BCUT2D eigenvalue weighted by molar-refractivity contribution is 0.0728. The molecule has 1 aromatic heterocycles. The highest BCUT2D eigenvalue weighted by molar-refractivity contribution is 5.97. The van der Waals surface area contributed by atoms with Gasteiger partial charge in [-0.3, -0.25) is 4.79 Å². The van der Waals surface area contributed by atoms with E-state index in [4.69, 9.17) is 4.74 Å². The summed E-state index contributed by atoms with van der Waals surface area (Å²) in [6, 6.07) is 5.23. The van der Waals surface area contributed by atoms with Gasteiger partial charge in [0.25, 0.3) is 5.91 Å². The highest BCUT2D eigenvalue weighted by Crippen LogP contribution is 2.15. The van der Waals surface area contributed by atoms with Gasteiger partial charge in [0.05, 0.1) is 13.2 Å². The van der Waals surface area contributed by atoms with Gasteiger partial charge in [-0.05, 0) is 18.2 Å². The summed E-state index contributed by atoms with van der Waals surface area (Å²) in [5.41, 5.74) is 1.97. The average Bonchev–Trinajstić information content (AvgIpc) is 2.81. The minimum atomic E-state index is -0.0705. The number of amides is 1. The van der Waals surface area contributed by atoms with Gasteiger partial charge in [0, 0.05) is 31.2 Å². The fourth-order valence-corrected chi connectivity index (χ4v) is 2.33. The number of nitrogens with one attached hydrogen (secondary N) is 1. The maximum Gasteiger partial charge on any atom is 0.254 e. The summed E-state index contributed by atoms with van der Waals surface area (Å²) in [7, 11) is 0. The van der Waals surface area contributed by atoms with E-state index in [0.29, 0.717) is 37.4 Å². The Morgan fingerprint density at radius 2 is 2.30 bits per heavy atom. The van der Waals surface area contributed by atoms with Gasteiger partial charge in [-0.15, -0.1) is 0 Å². The van der Waals surface area contributed by atoms with Crippen molar-refractivity contribution in [2.24, 2.45) is 5.92 Å². The highest BCUT2D eigenvalue weighted by atomic mass is 16.5. The fraction of sp³-hybridized carbons (Fsp3) is 0.462. The highest BCUT2D eigenvalue weighted by Gasteiger charge is 2.23. The number of aliphatic hydroxyl groups is 1. The van der Waals surface area contributed by atoms with E-state index in [-0.39, 0.29) is 18.4 Å². The number of hydrogen-bond acceptors (Lipinski definition) is 5. The van der Waals surface area contributed by atoms with Crippen molar-refractivity contribution in [2.75, 3.05) is 32.9 Å². The third-order valence-corrected chi connectivity index (χ3v) is 3.45. The molecule has 0 aliphatic carbocycles. The molecule has 0 bridgehead atoms. The first-order valence-electron chi connectivity index (χ1n) is 6.56. The summed E-state index contributed by atoms with van der Waals surface area (Å²) in [4.78, 5) is 14.2. The average molecular weight is 276 g/mol. The van der Waals surface area contributed by atoms with E-state index in [1.807, 2.05) is 0 Å². The van der Waals surface area contributed by atoms with Crippen molar-refractivity contribution in [3.8, 4) is 0 Å². The van der Waals surface area contributed by atoms with Crippen molar-refractivity contribution in [3.63, 3.8) is 0 Å². The number of aliphatic hydroxyl groups excluding tert-OH is 1. The van der Waals surface area contributed by atoms with Crippen molar-refractivity contribution in [3.05, 3.63) is 23.8 Å². The van der Waals surface area contributed by atoms with Gasteiger partial charge >= 0.3 is 0 Å². The molecule has 3 rings (SSSR count). The lowest BCUT2D eigenvalue weighted by Crippen LogP contribution is -2.36. The van der Waals surface area contributed by atoms with Crippen molar-refractivity contribution >= 4 is 16.9 Å². The molecule has 1 amide bonds. The molecule has 2 heterocycles. The summed E-state index contributed by atoms with van der Waals surface area (Å²) >= 11 is 0. The van der Waals surface area contributed by atoms with E-state index in [1.165, 1.54) is 0 Å². The van der Waals surface area contributed by atoms with E-state index in [0.717, 1.165) is 5.52 Å². The topological polar surface area (TPSA) is 91.3 Å². The maximum atomic E-state index is 12.5. The summed E-state index contributed by atoms with van der Waals surface area (Å²) < 4.78 is 5.39. The molecule has 1 saturated heterocycles. The lowest BCUT2D eigenvalue weighted by atomic mass is 10.1. The Morgan fingerprint density at radius 3 is 3.15 bits per heavy atom. The molecule has 1 aliphatic rings. The van der Waals surface area contributed by atoms with Crippen LogP contribution in [-0.2, 0) is 4.74 Å². The van der Waals surface area contributed by atoms with Crippen LogP contribution in [0.2, 0.25) is 0 Å². The third-order valence-electron chi connectivity index (χ3n) is 3.45. The van der Waals surface area contributed by atoms with Crippen molar-refractivity contribution in [1.82, 2.24) is 20.3 Å². The van der Waals surface area contributed by atoms with E-state index in [9.17, 15) is 9.90 Å².